The van der Waals surface area contributed by atoms with Crippen LogP contribution in [0, 0.1) is 16.0 Å². The summed E-state index contributed by atoms with van der Waals surface area (Å²) in [5.74, 6) is 0.135. The fourth-order valence-electron chi connectivity index (χ4n) is 3.81. The Morgan fingerprint density at radius 2 is 1.89 bits per heavy atom. The predicted molar refractivity (Wildman–Crippen MR) is 103 cm³/mol. The highest BCUT2D eigenvalue weighted by Crippen LogP contribution is 2.35. The molecular formula is C17H23N5O5S. The van der Waals surface area contributed by atoms with Crippen molar-refractivity contribution in [3.8, 4) is 5.75 Å². The summed E-state index contributed by atoms with van der Waals surface area (Å²) >= 11 is 0. The van der Waals surface area contributed by atoms with Gasteiger partial charge in [0, 0.05) is 24.2 Å². The molecule has 1 saturated heterocycles. The number of hydrogen-bond donors (Lipinski definition) is 2. The van der Waals surface area contributed by atoms with E-state index in [2.05, 4.69) is 4.99 Å². The zero-order valence-electron chi connectivity index (χ0n) is 15.4. The molecule has 1 fully saturated rings. The summed E-state index contributed by atoms with van der Waals surface area (Å²) in [4.78, 5) is 15.0. The van der Waals surface area contributed by atoms with Crippen molar-refractivity contribution < 1.29 is 18.1 Å². The van der Waals surface area contributed by atoms with Crippen molar-refractivity contribution in [2.45, 2.75) is 29.3 Å². The molecule has 11 heteroatoms. The van der Waals surface area contributed by atoms with Crippen molar-refractivity contribution in [1.29, 1.82) is 0 Å². The van der Waals surface area contributed by atoms with E-state index in [4.69, 9.17) is 16.2 Å². The van der Waals surface area contributed by atoms with Gasteiger partial charge < -0.3 is 16.2 Å². The summed E-state index contributed by atoms with van der Waals surface area (Å²) in [7, 11) is -2.16. The molecule has 0 saturated carbocycles. The van der Waals surface area contributed by atoms with Crippen LogP contribution in [0.3, 0.4) is 0 Å². The van der Waals surface area contributed by atoms with Crippen molar-refractivity contribution in [1.82, 2.24) is 4.31 Å². The number of rotatable bonds is 5. The highest BCUT2D eigenvalue weighted by Gasteiger charge is 2.52. The minimum Gasteiger partial charge on any atom is -0.497 e. The quantitative estimate of drug-likeness (QED) is 0.524. The first-order chi connectivity index (χ1) is 13.2. The molecule has 2 unspecified atom stereocenters. The maximum absolute atomic E-state index is 12.9. The van der Waals surface area contributed by atoms with E-state index in [0.29, 0.717) is 18.6 Å². The number of ether oxygens (including phenoxy) is 1. The number of nitrogens with two attached hydrogens (primary N) is 2. The normalized spacial score (nSPS) is 26.6. The van der Waals surface area contributed by atoms with Gasteiger partial charge in [0.15, 0.2) is 5.84 Å². The molecule has 3 rings (SSSR count). The van der Waals surface area contributed by atoms with Crippen LogP contribution in [-0.4, -0.2) is 55.3 Å². The second kappa shape index (κ2) is 7.49. The zero-order chi connectivity index (χ0) is 20.5. The fraction of sp³-hybridized carbons (Fsp3) is 0.471. The standard InChI is InChI=1S/C17H23N5O5S/c1-27-13-2-4-14(5-3-13)28(25,26)21-10-6-12(7-11-21)17(19)8-9-20-16(18)15(17)22(23)24/h2-5,8-9,12,15H,6-7,10-11,19H2,1H3,(H2,18,20). The van der Waals surface area contributed by atoms with E-state index in [1.807, 2.05) is 0 Å². The van der Waals surface area contributed by atoms with Crippen LogP contribution in [0.4, 0.5) is 0 Å². The Bertz CT molecular complexity index is 906. The lowest BCUT2D eigenvalue weighted by molar-refractivity contribution is -0.513. The Morgan fingerprint density at radius 3 is 2.43 bits per heavy atom. The molecular weight excluding hydrogens is 386 g/mol. The number of nitro groups is 1. The second-order valence-electron chi connectivity index (χ2n) is 6.91. The van der Waals surface area contributed by atoms with Gasteiger partial charge in [0.2, 0.25) is 10.0 Å². The monoisotopic (exact) mass is 409 g/mol. The van der Waals surface area contributed by atoms with E-state index in [1.54, 1.807) is 12.1 Å². The van der Waals surface area contributed by atoms with Crippen LogP contribution >= 0.6 is 0 Å². The molecule has 10 nitrogen and oxygen atoms in total. The number of methoxy groups -OCH3 is 1. The molecule has 1 aromatic carbocycles. The number of hydrogen-bond acceptors (Lipinski definition) is 8. The molecule has 2 heterocycles. The summed E-state index contributed by atoms with van der Waals surface area (Å²) in [5.41, 5.74) is 10.8. The van der Waals surface area contributed by atoms with Crippen LogP contribution in [0.1, 0.15) is 12.8 Å². The average Bonchev–Trinajstić information content (AvgIpc) is 2.67. The SMILES string of the molecule is COc1ccc(S(=O)(=O)N2CCC(C3(N)C=CN=C(N)C3[N+](=O)[O-])CC2)cc1. The Balaban J connectivity index is 1.75. The van der Waals surface area contributed by atoms with Gasteiger partial charge in [0.25, 0.3) is 6.04 Å². The zero-order valence-corrected chi connectivity index (χ0v) is 16.2. The van der Waals surface area contributed by atoms with E-state index in [-0.39, 0.29) is 29.7 Å². The first-order valence-electron chi connectivity index (χ1n) is 8.77. The van der Waals surface area contributed by atoms with Gasteiger partial charge in [-0.15, -0.1) is 0 Å². The van der Waals surface area contributed by atoms with Crippen molar-refractivity contribution in [3.05, 3.63) is 46.7 Å². The number of benzene rings is 1. The molecule has 2 aliphatic rings. The third-order valence-electron chi connectivity index (χ3n) is 5.41. The summed E-state index contributed by atoms with van der Waals surface area (Å²) < 4.78 is 32.2. The van der Waals surface area contributed by atoms with Gasteiger partial charge in [-0.3, -0.25) is 10.1 Å². The van der Waals surface area contributed by atoms with Crippen molar-refractivity contribution >= 4 is 15.9 Å². The summed E-state index contributed by atoms with van der Waals surface area (Å²) in [6.45, 7) is 0.431. The second-order valence-corrected chi connectivity index (χ2v) is 8.85. The maximum Gasteiger partial charge on any atom is 0.290 e. The first kappa shape index (κ1) is 20.2. The van der Waals surface area contributed by atoms with Gasteiger partial charge in [0.1, 0.15) is 11.3 Å². The van der Waals surface area contributed by atoms with Crippen molar-refractivity contribution in [2.75, 3.05) is 20.2 Å². The largest absolute Gasteiger partial charge is 0.497 e. The molecule has 0 aliphatic carbocycles. The number of sulfonamides is 1. The molecule has 4 N–H and O–H groups in total. The van der Waals surface area contributed by atoms with Crippen molar-refractivity contribution in [2.24, 2.45) is 22.4 Å². The average molecular weight is 409 g/mol. The molecule has 2 aliphatic heterocycles. The lowest BCUT2D eigenvalue weighted by Gasteiger charge is -2.41. The molecule has 0 aromatic heterocycles. The Kier molecular flexibility index (Phi) is 5.41. The Morgan fingerprint density at radius 1 is 1.29 bits per heavy atom. The molecule has 152 valence electrons. The third kappa shape index (κ3) is 3.48. The molecule has 0 amide bonds. The Hall–Kier alpha value is -2.50. The highest BCUT2D eigenvalue weighted by molar-refractivity contribution is 7.89. The van der Waals surface area contributed by atoms with Crippen molar-refractivity contribution in [3.63, 3.8) is 0 Å². The van der Waals surface area contributed by atoms with Crippen LogP contribution < -0.4 is 16.2 Å². The van der Waals surface area contributed by atoms with Gasteiger partial charge in [0.05, 0.1) is 12.0 Å². The van der Waals surface area contributed by atoms with Crippen LogP contribution in [0.15, 0.2) is 46.4 Å². The van der Waals surface area contributed by atoms with Crippen LogP contribution in [0.5, 0.6) is 5.75 Å². The first-order valence-corrected chi connectivity index (χ1v) is 10.2. The predicted octanol–water partition coefficient (Wildman–Crippen LogP) is 0.323. The van der Waals surface area contributed by atoms with Crippen LogP contribution in [-0.2, 0) is 10.0 Å². The van der Waals surface area contributed by atoms with Crippen LogP contribution in [0.25, 0.3) is 0 Å². The van der Waals surface area contributed by atoms with Gasteiger partial charge in [-0.1, -0.05) is 0 Å². The van der Waals surface area contributed by atoms with Crippen LogP contribution in [0.2, 0.25) is 0 Å². The minimum atomic E-state index is -3.66. The lowest BCUT2D eigenvalue weighted by atomic mass is 9.73. The molecule has 2 atom stereocenters. The molecule has 0 spiro atoms. The number of aliphatic imine (C=N–C) groups is 1. The fourth-order valence-corrected chi connectivity index (χ4v) is 5.28. The van der Waals surface area contributed by atoms with E-state index >= 15 is 0 Å². The summed E-state index contributed by atoms with van der Waals surface area (Å²) in [6.07, 6.45) is 3.66. The van der Waals surface area contributed by atoms with E-state index in [9.17, 15) is 18.5 Å². The summed E-state index contributed by atoms with van der Waals surface area (Å²) in [6, 6.07) is 4.84. The molecule has 28 heavy (non-hydrogen) atoms. The molecule has 0 bridgehead atoms. The van der Waals surface area contributed by atoms with E-state index in [1.165, 1.54) is 35.8 Å². The van der Waals surface area contributed by atoms with Gasteiger partial charge >= 0.3 is 0 Å². The number of amidine groups is 1. The minimum absolute atomic E-state index is 0.136. The van der Waals surface area contributed by atoms with E-state index < -0.39 is 26.5 Å². The summed E-state index contributed by atoms with van der Waals surface area (Å²) in [5, 5.41) is 11.5. The van der Waals surface area contributed by atoms with Gasteiger partial charge in [-0.05, 0) is 49.1 Å². The van der Waals surface area contributed by atoms with E-state index in [0.717, 1.165) is 0 Å². The lowest BCUT2D eigenvalue weighted by Crippen LogP contribution is -2.65. The van der Waals surface area contributed by atoms with Gasteiger partial charge in [-0.2, -0.15) is 4.31 Å². The maximum atomic E-state index is 12.9. The molecule has 1 aromatic rings. The highest BCUT2D eigenvalue weighted by atomic mass is 32.2. The topological polar surface area (TPSA) is 154 Å². The number of piperidine rings is 1. The smallest absolute Gasteiger partial charge is 0.290 e. The number of nitrogens with zero attached hydrogens (tertiary/aromatic N) is 3. The Labute approximate surface area is 163 Å². The van der Waals surface area contributed by atoms with Gasteiger partial charge in [-0.25, -0.2) is 13.4 Å². The molecule has 0 radical (unpaired) electrons. The third-order valence-corrected chi connectivity index (χ3v) is 7.32.